The van der Waals surface area contributed by atoms with Crippen molar-refractivity contribution in [2.45, 2.75) is 12.5 Å². The summed E-state index contributed by atoms with van der Waals surface area (Å²) in [6.07, 6.45) is 0. The molecule has 1 aliphatic rings. The lowest BCUT2D eigenvalue weighted by atomic mass is 9.85. The average molecular weight is 257 g/mol. The van der Waals surface area contributed by atoms with Crippen molar-refractivity contribution in [3.63, 3.8) is 0 Å². The Labute approximate surface area is 92.0 Å². The van der Waals surface area contributed by atoms with Gasteiger partial charge in [0.05, 0.1) is 13.2 Å². The molecule has 1 heterocycles. The first-order valence-corrected chi connectivity index (χ1v) is 5.48. The second-order valence-corrected chi connectivity index (χ2v) is 4.77. The van der Waals surface area contributed by atoms with Crippen LogP contribution in [0.1, 0.15) is 12.5 Å². The molecule has 3 heteroatoms. The molecule has 1 aliphatic heterocycles. The fourth-order valence-electron chi connectivity index (χ4n) is 1.80. The van der Waals surface area contributed by atoms with E-state index in [9.17, 15) is 5.11 Å². The van der Waals surface area contributed by atoms with E-state index in [2.05, 4.69) is 15.9 Å². The molecule has 1 fully saturated rings. The fraction of sp³-hybridized carbons (Fsp3) is 0.455. The van der Waals surface area contributed by atoms with Crippen LogP contribution in [0, 0.1) is 5.92 Å². The van der Waals surface area contributed by atoms with Crippen molar-refractivity contribution in [1.29, 1.82) is 0 Å². The van der Waals surface area contributed by atoms with Gasteiger partial charge in [0.1, 0.15) is 5.60 Å². The molecule has 0 saturated carbocycles. The van der Waals surface area contributed by atoms with Gasteiger partial charge in [0, 0.05) is 10.4 Å². The van der Waals surface area contributed by atoms with E-state index >= 15 is 0 Å². The maximum Gasteiger partial charge on any atom is 0.118 e. The molecule has 0 radical (unpaired) electrons. The Balaban J connectivity index is 2.38. The SMILES string of the molecule is CC1COCC1(O)c1cccc(Br)c1. The summed E-state index contributed by atoms with van der Waals surface area (Å²) < 4.78 is 6.29. The molecule has 0 bridgehead atoms. The van der Waals surface area contributed by atoms with Crippen LogP contribution >= 0.6 is 15.9 Å². The molecule has 2 atom stereocenters. The van der Waals surface area contributed by atoms with E-state index in [0.717, 1.165) is 10.0 Å². The van der Waals surface area contributed by atoms with Crippen LogP contribution in [0.4, 0.5) is 0 Å². The largest absolute Gasteiger partial charge is 0.382 e. The van der Waals surface area contributed by atoms with Gasteiger partial charge in [-0.05, 0) is 17.7 Å². The molecule has 0 aromatic heterocycles. The first-order valence-electron chi connectivity index (χ1n) is 4.69. The van der Waals surface area contributed by atoms with Crippen LogP contribution in [0.2, 0.25) is 0 Å². The zero-order chi connectivity index (χ0) is 10.2. The third kappa shape index (κ3) is 1.60. The number of halogens is 1. The summed E-state index contributed by atoms with van der Waals surface area (Å²) in [5, 5.41) is 10.4. The van der Waals surface area contributed by atoms with Crippen molar-refractivity contribution in [3.05, 3.63) is 34.3 Å². The van der Waals surface area contributed by atoms with Gasteiger partial charge in [0.2, 0.25) is 0 Å². The Morgan fingerprint density at radius 3 is 2.93 bits per heavy atom. The molecule has 76 valence electrons. The lowest BCUT2D eigenvalue weighted by Gasteiger charge is -2.26. The van der Waals surface area contributed by atoms with E-state index in [0.29, 0.717) is 13.2 Å². The molecule has 2 unspecified atom stereocenters. The van der Waals surface area contributed by atoms with Crippen molar-refractivity contribution in [3.8, 4) is 0 Å². The van der Waals surface area contributed by atoms with Crippen molar-refractivity contribution in [2.75, 3.05) is 13.2 Å². The molecule has 1 N–H and O–H groups in total. The number of ether oxygens (including phenoxy) is 1. The number of hydrogen-bond acceptors (Lipinski definition) is 2. The van der Waals surface area contributed by atoms with Crippen molar-refractivity contribution in [2.24, 2.45) is 5.92 Å². The van der Waals surface area contributed by atoms with Crippen LogP contribution in [0.5, 0.6) is 0 Å². The molecule has 14 heavy (non-hydrogen) atoms. The van der Waals surface area contributed by atoms with Gasteiger partial charge in [-0.15, -0.1) is 0 Å². The molecule has 1 aromatic rings. The van der Waals surface area contributed by atoms with E-state index in [1.807, 2.05) is 31.2 Å². The van der Waals surface area contributed by atoms with Crippen LogP contribution in [0.3, 0.4) is 0 Å². The van der Waals surface area contributed by atoms with Gasteiger partial charge >= 0.3 is 0 Å². The summed E-state index contributed by atoms with van der Waals surface area (Å²) in [6.45, 7) is 3.03. The fourth-order valence-corrected chi connectivity index (χ4v) is 2.20. The van der Waals surface area contributed by atoms with Crippen LogP contribution < -0.4 is 0 Å². The summed E-state index contributed by atoms with van der Waals surface area (Å²) in [5.41, 5.74) is 0.112. The molecule has 1 aromatic carbocycles. The predicted octanol–water partition coefficient (Wildman–Crippen LogP) is 2.30. The first-order chi connectivity index (χ1) is 6.63. The van der Waals surface area contributed by atoms with Gasteiger partial charge in [-0.3, -0.25) is 0 Å². The summed E-state index contributed by atoms with van der Waals surface area (Å²) >= 11 is 3.40. The normalized spacial score (nSPS) is 32.1. The Morgan fingerprint density at radius 1 is 1.57 bits per heavy atom. The molecule has 0 amide bonds. The average Bonchev–Trinajstić information content (AvgIpc) is 2.49. The number of rotatable bonds is 1. The predicted molar refractivity (Wildman–Crippen MR) is 58.0 cm³/mol. The number of benzene rings is 1. The highest BCUT2D eigenvalue weighted by atomic mass is 79.9. The molecule has 0 spiro atoms. The molecular weight excluding hydrogens is 244 g/mol. The molecule has 2 nitrogen and oxygen atoms in total. The van der Waals surface area contributed by atoms with E-state index in [4.69, 9.17) is 4.74 Å². The summed E-state index contributed by atoms with van der Waals surface area (Å²) in [6, 6.07) is 7.77. The maximum absolute atomic E-state index is 10.4. The minimum absolute atomic E-state index is 0.150. The molecular formula is C11H13BrO2. The highest BCUT2D eigenvalue weighted by molar-refractivity contribution is 9.10. The van der Waals surface area contributed by atoms with Crippen LogP contribution in [-0.4, -0.2) is 18.3 Å². The Hall–Kier alpha value is -0.380. The van der Waals surface area contributed by atoms with E-state index in [-0.39, 0.29) is 5.92 Å². The van der Waals surface area contributed by atoms with Gasteiger partial charge in [-0.1, -0.05) is 35.0 Å². The van der Waals surface area contributed by atoms with Crippen LogP contribution in [0.15, 0.2) is 28.7 Å². The maximum atomic E-state index is 10.4. The molecule has 1 saturated heterocycles. The van der Waals surface area contributed by atoms with Gasteiger partial charge in [-0.25, -0.2) is 0 Å². The van der Waals surface area contributed by atoms with E-state index < -0.39 is 5.60 Å². The van der Waals surface area contributed by atoms with Gasteiger partial charge < -0.3 is 9.84 Å². The zero-order valence-electron chi connectivity index (χ0n) is 8.03. The lowest BCUT2D eigenvalue weighted by Crippen LogP contribution is -2.32. The highest BCUT2D eigenvalue weighted by Crippen LogP contribution is 2.35. The molecule has 0 aliphatic carbocycles. The minimum atomic E-state index is -0.816. The van der Waals surface area contributed by atoms with Crippen molar-refractivity contribution in [1.82, 2.24) is 0 Å². The first kappa shape index (κ1) is 10.1. The lowest BCUT2D eigenvalue weighted by molar-refractivity contribution is 0.000775. The zero-order valence-corrected chi connectivity index (χ0v) is 9.62. The molecule has 2 rings (SSSR count). The highest BCUT2D eigenvalue weighted by Gasteiger charge is 2.40. The van der Waals surface area contributed by atoms with E-state index in [1.54, 1.807) is 0 Å². The Kier molecular flexibility index (Phi) is 2.64. The van der Waals surface area contributed by atoms with Gasteiger partial charge in [0.15, 0.2) is 0 Å². The van der Waals surface area contributed by atoms with Crippen molar-refractivity contribution < 1.29 is 9.84 Å². The van der Waals surface area contributed by atoms with Crippen LogP contribution in [0.25, 0.3) is 0 Å². The second kappa shape index (κ2) is 3.65. The summed E-state index contributed by atoms with van der Waals surface area (Å²) in [7, 11) is 0. The summed E-state index contributed by atoms with van der Waals surface area (Å²) in [5.74, 6) is 0.150. The smallest absolute Gasteiger partial charge is 0.118 e. The topological polar surface area (TPSA) is 29.5 Å². The number of aliphatic hydroxyl groups is 1. The second-order valence-electron chi connectivity index (χ2n) is 3.85. The van der Waals surface area contributed by atoms with E-state index in [1.165, 1.54) is 0 Å². The third-order valence-electron chi connectivity index (χ3n) is 2.83. The Morgan fingerprint density at radius 2 is 2.36 bits per heavy atom. The number of hydrogen-bond donors (Lipinski definition) is 1. The van der Waals surface area contributed by atoms with Crippen LogP contribution in [-0.2, 0) is 10.3 Å². The monoisotopic (exact) mass is 256 g/mol. The van der Waals surface area contributed by atoms with Gasteiger partial charge in [0.25, 0.3) is 0 Å². The van der Waals surface area contributed by atoms with Gasteiger partial charge in [-0.2, -0.15) is 0 Å². The standard InChI is InChI=1S/C11H13BrO2/c1-8-6-14-7-11(8,13)9-3-2-4-10(12)5-9/h2-5,8,13H,6-7H2,1H3. The minimum Gasteiger partial charge on any atom is -0.382 e. The third-order valence-corrected chi connectivity index (χ3v) is 3.32. The Bertz CT molecular complexity index is 340. The van der Waals surface area contributed by atoms with Crippen molar-refractivity contribution >= 4 is 15.9 Å². The quantitative estimate of drug-likeness (QED) is 0.836. The summed E-state index contributed by atoms with van der Waals surface area (Å²) in [4.78, 5) is 0.